The lowest BCUT2D eigenvalue weighted by Crippen LogP contribution is -2.54. The van der Waals surface area contributed by atoms with Crippen molar-refractivity contribution in [2.24, 2.45) is 22.1 Å². The second-order valence-electron chi connectivity index (χ2n) is 9.38. The van der Waals surface area contributed by atoms with E-state index < -0.39 is 0 Å². The summed E-state index contributed by atoms with van der Waals surface area (Å²) in [6.07, 6.45) is 3.37. The fourth-order valence-corrected chi connectivity index (χ4v) is 6.15. The van der Waals surface area contributed by atoms with Crippen molar-refractivity contribution >= 4 is 38.8 Å². The lowest BCUT2D eigenvalue weighted by molar-refractivity contribution is -0.124. The maximum atomic E-state index is 12.5. The molecule has 2 aliphatic heterocycles. The number of carbonyl (C=O) groups is 1. The van der Waals surface area contributed by atoms with Crippen LogP contribution in [0.15, 0.2) is 27.7 Å². The van der Waals surface area contributed by atoms with E-state index in [9.17, 15) is 4.79 Å². The van der Waals surface area contributed by atoms with Crippen LogP contribution < -0.4 is 15.8 Å². The summed E-state index contributed by atoms with van der Waals surface area (Å²) in [6, 6.07) is 6.33. The Hall–Kier alpha value is -1.21. The van der Waals surface area contributed by atoms with Gasteiger partial charge in [0.15, 0.2) is 5.17 Å². The molecule has 5 nitrogen and oxygen atoms in total. The van der Waals surface area contributed by atoms with Gasteiger partial charge >= 0.3 is 0 Å². The van der Waals surface area contributed by atoms with Crippen molar-refractivity contribution in [3.8, 4) is 5.75 Å². The molecule has 1 aliphatic carbocycles. The molecule has 1 saturated carbocycles. The highest BCUT2D eigenvalue weighted by molar-refractivity contribution is 9.10. The number of nitrogens with two attached hydrogens (primary N) is 1. The van der Waals surface area contributed by atoms with Gasteiger partial charge in [-0.1, -0.05) is 48.5 Å². The molecule has 4 rings (SSSR count). The van der Waals surface area contributed by atoms with E-state index in [1.807, 2.05) is 12.1 Å². The van der Waals surface area contributed by atoms with Crippen LogP contribution in [0.4, 0.5) is 0 Å². The zero-order valence-corrected chi connectivity index (χ0v) is 19.0. The second-order valence-corrected chi connectivity index (χ2v) is 11.3. The molecule has 3 N–H and O–H groups in total. The molecule has 28 heavy (non-hydrogen) atoms. The number of amidine groups is 1. The quantitative estimate of drug-likeness (QED) is 0.686. The van der Waals surface area contributed by atoms with Gasteiger partial charge in [-0.3, -0.25) is 4.79 Å². The number of ether oxygens (including phenoxy) is 1. The van der Waals surface area contributed by atoms with Crippen LogP contribution in [-0.2, 0) is 10.3 Å². The zero-order chi connectivity index (χ0) is 20.1. The molecule has 1 unspecified atom stereocenters. The molecule has 152 valence electrons. The molecule has 1 fully saturated rings. The number of nitrogens with one attached hydrogen (secondary N) is 1. The Labute approximate surface area is 179 Å². The van der Waals surface area contributed by atoms with Crippen molar-refractivity contribution in [3.05, 3.63) is 28.2 Å². The number of rotatable bonds is 2. The maximum absolute atomic E-state index is 12.5. The van der Waals surface area contributed by atoms with Crippen LogP contribution >= 0.6 is 27.7 Å². The molecule has 1 aromatic rings. The number of carbonyl (C=O) groups excluding carboxylic acids is 1. The van der Waals surface area contributed by atoms with E-state index in [0.717, 1.165) is 40.8 Å². The monoisotopic (exact) mass is 465 g/mol. The predicted octanol–water partition coefficient (Wildman–Crippen LogP) is 4.19. The van der Waals surface area contributed by atoms with Crippen LogP contribution in [0.2, 0.25) is 0 Å². The molecular weight excluding hydrogens is 438 g/mol. The summed E-state index contributed by atoms with van der Waals surface area (Å²) in [7, 11) is 0. The SMILES string of the molecule is CC(C)(C)CC(=O)N[C@H]1CC[C@@H]2Oc3ccc(Br)cc3C3(CSC(N)=N3)[C@H]2C1. The number of hydrogen-bond donors (Lipinski definition) is 2. The van der Waals surface area contributed by atoms with Gasteiger partial charge in [-0.25, -0.2) is 4.99 Å². The molecule has 1 aromatic carbocycles. The Morgan fingerprint density at radius 3 is 2.89 bits per heavy atom. The topological polar surface area (TPSA) is 76.7 Å². The highest BCUT2D eigenvalue weighted by atomic mass is 79.9. The second kappa shape index (κ2) is 7.24. The fraction of sp³-hybridized carbons (Fsp3) is 0.619. The first-order valence-electron chi connectivity index (χ1n) is 9.90. The van der Waals surface area contributed by atoms with Crippen molar-refractivity contribution in [2.75, 3.05) is 5.75 Å². The average molecular weight is 466 g/mol. The van der Waals surface area contributed by atoms with Crippen molar-refractivity contribution in [1.82, 2.24) is 5.32 Å². The number of halogens is 1. The minimum atomic E-state index is -0.371. The van der Waals surface area contributed by atoms with Gasteiger partial charge in [0.2, 0.25) is 5.91 Å². The number of aliphatic imine (C=N–C) groups is 1. The summed E-state index contributed by atoms with van der Waals surface area (Å²) >= 11 is 5.22. The van der Waals surface area contributed by atoms with E-state index >= 15 is 0 Å². The summed E-state index contributed by atoms with van der Waals surface area (Å²) in [6.45, 7) is 6.28. The minimum Gasteiger partial charge on any atom is -0.490 e. The van der Waals surface area contributed by atoms with Crippen LogP contribution in [0, 0.1) is 11.3 Å². The van der Waals surface area contributed by atoms with E-state index in [0.29, 0.717) is 11.6 Å². The largest absolute Gasteiger partial charge is 0.490 e. The number of nitrogens with zero attached hydrogens (tertiary/aromatic N) is 1. The highest BCUT2D eigenvalue weighted by Gasteiger charge is 2.54. The van der Waals surface area contributed by atoms with E-state index in [4.69, 9.17) is 15.5 Å². The highest BCUT2D eigenvalue weighted by Crippen LogP contribution is 2.54. The van der Waals surface area contributed by atoms with Crippen molar-refractivity contribution in [1.29, 1.82) is 0 Å². The third kappa shape index (κ3) is 3.80. The minimum absolute atomic E-state index is 0.0114. The first kappa shape index (κ1) is 20.1. The number of benzene rings is 1. The van der Waals surface area contributed by atoms with E-state index in [2.05, 4.69) is 48.1 Å². The molecule has 0 radical (unpaired) electrons. The summed E-state index contributed by atoms with van der Waals surface area (Å²) in [5, 5.41) is 3.92. The van der Waals surface area contributed by atoms with Crippen molar-refractivity contribution in [3.63, 3.8) is 0 Å². The average Bonchev–Trinajstić information content (AvgIpc) is 2.97. The number of thioether (sulfide) groups is 1. The first-order valence-corrected chi connectivity index (χ1v) is 11.7. The first-order chi connectivity index (χ1) is 13.2. The lowest BCUT2D eigenvalue weighted by Gasteiger charge is -2.48. The Morgan fingerprint density at radius 2 is 2.21 bits per heavy atom. The Balaban J connectivity index is 1.61. The van der Waals surface area contributed by atoms with Crippen molar-refractivity contribution < 1.29 is 9.53 Å². The van der Waals surface area contributed by atoms with Gasteiger partial charge in [-0.2, -0.15) is 0 Å². The normalized spacial score (nSPS) is 31.6. The molecule has 7 heteroatoms. The Bertz CT molecular complexity index is 822. The molecule has 0 aromatic heterocycles. The zero-order valence-electron chi connectivity index (χ0n) is 16.6. The summed E-state index contributed by atoms with van der Waals surface area (Å²) in [5.74, 6) is 2.08. The van der Waals surface area contributed by atoms with Gasteiger partial charge in [0.25, 0.3) is 0 Å². The van der Waals surface area contributed by atoms with Gasteiger partial charge in [0.05, 0.1) is 0 Å². The molecule has 2 heterocycles. The molecule has 0 bridgehead atoms. The van der Waals surface area contributed by atoms with Crippen LogP contribution in [0.1, 0.15) is 52.0 Å². The third-order valence-electron chi connectivity index (χ3n) is 5.89. The van der Waals surface area contributed by atoms with E-state index in [-0.39, 0.29) is 34.9 Å². The number of hydrogen-bond acceptors (Lipinski definition) is 5. The van der Waals surface area contributed by atoms with Crippen LogP contribution in [0.5, 0.6) is 5.75 Å². The van der Waals surface area contributed by atoms with Gasteiger partial charge in [-0.05, 0) is 42.9 Å². The number of fused-ring (bicyclic) bond motifs is 4. The Morgan fingerprint density at radius 1 is 1.43 bits per heavy atom. The predicted molar refractivity (Wildman–Crippen MR) is 118 cm³/mol. The lowest BCUT2D eigenvalue weighted by atomic mass is 9.67. The van der Waals surface area contributed by atoms with Crippen LogP contribution in [0.25, 0.3) is 0 Å². The molecule has 3 aliphatic rings. The van der Waals surface area contributed by atoms with Crippen molar-refractivity contribution in [2.45, 2.75) is 64.1 Å². The summed E-state index contributed by atoms with van der Waals surface area (Å²) in [4.78, 5) is 17.5. The van der Waals surface area contributed by atoms with E-state index in [1.165, 1.54) is 0 Å². The van der Waals surface area contributed by atoms with Crippen LogP contribution in [-0.4, -0.2) is 29.0 Å². The number of amides is 1. The summed E-state index contributed by atoms with van der Waals surface area (Å²) in [5.41, 5.74) is 6.86. The molecule has 1 amide bonds. The molecular formula is C21H28BrN3O2S. The maximum Gasteiger partial charge on any atom is 0.220 e. The smallest absolute Gasteiger partial charge is 0.220 e. The van der Waals surface area contributed by atoms with Gasteiger partial charge in [0, 0.05) is 34.2 Å². The van der Waals surface area contributed by atoms with E-state index in [1.54, 1.807) is 11.8 Å². The molecule has 4 atom stereocenters. The van der Waals surface area contributed by atoms with Gasteiger partial charge < -0.3 is 15.8 Å². The Kier molecular flexibility index (Phi) is 5.19. The standard InChI is InChI=1S/C21H28BrN3O2S/c1-20(2,3)10-18(26)24-13-5-7-17-15(9-13)21(11-28-19(23)25-21)14-8-12(22)4-6-16(14)27-17/h4,6,8,13,15,17H,5,7,9-11H2,1-3H3,(H2,23,25)(H,24,26)/t13-,15-,17-,21?/m0/s1. The summed E-state index contributed by atoms with van der Waals surface area (Å²) < 4.78 is 7.41. The van der Waals surface area contributed by atoms with Gasteiger partial charge in [0.1, 0.15) is 17.4 Å². The third-order valence-corrected chi connectivity index (χ3v) is 7.36. The fourth-order valence-electron chi connectivity index (χ4n) is 4.76. The molecule has 0 saturated heterocycles. The molecule has 1 spiro atoms. The van der Waals surface area contributed by atoms with Gasteiger partial charge in [-0.15, -0.1) is 0 Å². The van der Waals surface area contributed by atoms with Crippen LogP contribution in [0.3, 0.4) is 0 Å².